The minimum atomic E-state index is -0.363. The zero-order chi connectivity index (χ0) is 13.9. The summed E-state index contributed by atoms with van der Waals surface area (Å²) in [5, 5.41) is 12.6. The second-order valence-corrected chi connectivity index (χ2v) is 5.26. The summed E-state index contributed by atoms with van der Waals surface area (Å²) in [4.78, 5) is 14.1. The van der Waals surface area contributed by atoms with E-state index in [1.54, 1.807) is 4.90 Å². The number of hydrogen-bond donors (Lipinski definition) is 2. The summed E-state index contributed by atoms with van der Waals surface area (Å²) in [5.74, 6) is 0. The summed E-state index contributed by atoms with van der Waals surface area (Å²) in [6.07, 6.45) is 4.60. The van der Waals surface area contributed by atoms with Crippen molar-refractivity contribution in [2.75, 3.05) is 13.2 Å². The van der Waals surface area contributed by atoms with Crippen molar-refractivity contribution in [2.45, 2.75) is 38.3 Å². The van der Waals surface area contributed by atoms with Crippen LogP contribution >= 0.6 is 0 Å². The third-order valence-electron chi connectivity index (χ3n) is 4.27. The maximum absolute atomic E-state index is 12.3. The largest absolute Gasteiger partial charge is 0.394 e. The molecule has 0 radical (unpaired) electrons. The van der Waals surface area contributed by atoms with Crippen molar-refractivity contribution in [3.8, 4) is 0 Å². The molecule has 2 N–H and O–H groups in total. The summed E-state index contributed by atoms with van der Waals surface area (Å²) in [6, 6.07) is 3.87. The van der Waals surface area contributed by atoms with Crippen LogP contribution in [0.5, 0.6) is 0 Å². The van der Waals surface area contributed by atoms with Gasteiger partial charge in [-0.15, -0.1) is 0 Å². The van der Waals surface area contributed by atoms with Crippen LogP contribution in [0.2, 0.25) is 0 Å². The van der Waals surface area contributed by atoms with Crippen LogP contribution in [0.4, 0.5) is 4.79 Å². The molecule has 1 aromatic rings. The molecule has 2 heterocycles. The lowest BCUT2D eigenvalue weighted by Gasteiger charge is -2.36. The predicted octanol–water partition coefficient (Wildman–Crippen LogP) is 1.47. The first kappa shape index (κ1) is 13.9. The van der Waals surface area contributed by atoms with Gasteiger partial charge in [-0.05, 0) is 31.4 Å². The molecule has 0 aromatic carbocycles. The molecule has 1 aromatic heterocycles. The molecule has 0 saturated carbocycles. The number of aromatic nitrogens is 1. The van der Waals surface area contributed by atoms with E-state index in [2.05, 4.69) is 5.32 Å². The van der Waals surface area contributed by atoms with E-state index in [1.165, 1.54) is 0 Å². The lowest BCUT2D eigenvalue weighted by atomic mass is 9.94. The van der Waals surface area contributed by atoms with Crippen molar-refractivity contribution in [3.63, 3.8) is 0 Å². The summed E-state index contributed by atoms with van der Waals surface area (Å²) in [7, 11) is 1.96. The molecule has 1 fully saturated rings. The number of aryl methyl sites for hydroxylation is 1. The maximum Gasteiger partial charge on any atom is 0.318 e. The van der Waals surface area contributed by atoms with E-state index >= 15 is 0 Å². The van der Waals surface area contributed by atoms with Crippen LogP contribution in [0.3, 0.4) is 0 Å². The van der Waals surface area contributed by atoms with Crippen molar-refractivity contribution >= 4 is 6.03 Å². The standard InChI is InChI=1S/C14H23N3O2/c1-3-14(11-18)7-5-9-17(14)13(19)15-10-12-6-4-8-16(12)2/h4,6,8,18H,3,5,7,9-11H2,1-2H3,(H,15,19). The fraction of sp³-hybridized carbons (Fsp3) is 0.643. The number of amides is 2. The van der Waals surface area contributed by atoms with Crippen molar-refractivity contribution < 1.29 is 9.90 Å². The van der Waals surface area contributed by atoms with Gasteiger partial charge in [-0.25, -0.2) is 4.79 Å². The Bertz CT molecular complexity index is 438. The van der Waals surface area contributed by atoms with Crippen LogP contribution in [-0.4, -0.2) is 39.3 Å². The third kappa shape index (κ3) is 2.61. The monoisotopic (exact) mass is 265 g/mol. The Kier molecular flexibility index (Phi) is 4.14. The van der Waals surface area contributed by atoms with Crippen LogP contribution in [0.15, 0.2) is 18.3 Å². The highest BCUT2D eigenvalue weighted by Crippen LogP contribution is 2.31. The number of likely N-dealkylation sites (tertiary alicyclic amines) is 1. The van der Waals surface area contributed by atoms with Crippen LogP contribution < -0.4 is 5.32 Å². The first-order chi connectivity index (χ1) is 9.13. The molecule has 0 bridgehead atoms. The molecule has 0 spiro atoms. The smallest absolute Gasteiger partial charge is 0.318 e. The zero-order valence-electron chi connectivity index (χ0n) is 11.7. The highest BCUT2D eigenvalue weighted by atomic mass is 16.3. The second kappa shape index (κ2) is 5.65. The Labute approximate surface area is 114 Å². The number of nitrogens with zero attached hydrogens (tertiary/aromatic N) is 2. The van der Waals surface area contributed by atoms with Crippen LogP contribution in [0.25, 0.3) is 0 Å². The number of carbonyl (C=O) groups is 1. The quantitative estimate of drug-likeness (QED) is 0.866. The van der Waals surface area contributed by atoms with Crippen molar-refractivity contribution in [3.05, 3.63) is 24.0 Å². The van der Waals surface area contributed by atoms with E-state index in [0.717, 1.165) is 31.5 Å². The first-order valence-corrected chi connectivity index (χ1v) is 6.89. The van der Waals surface area contributed by atoms with E-state index in [0.29, 0.717) is 6.54 Å². The van der Waals surface area contributed by atoms with Gasteiger partial charge in [0.05, 0.1) is 18.7 Å². The lowest BCUT2D eigenvalue weighted by molar-refractivity contribution is 0.0808. The van der Waals surface area contributed by atoms with Crippen molar-refractivity contribution in [2.24, 2.45) is 7.05 Å². The normalized spacial score (nSPS) is 22.8. The first-order valence-electron chi connectivity index (χ1n) is 6.89. The minimum Gasteiger partial charge on any atom is -0.394 e. The average molecular weight is 265 g/mol. The van der Waals surface area contributed by atoms with Gasteiger partial charge in [-0.3, -0.25) is 0 Å². The second-order valence-electron chi connectivity index (χ2n) is 5.26. The van der Waals surface area contributed by atoms with Gasteiger partial charge in [0.1, 0.15) is 0 Å². The Morgan fingerprint density at radius 3 is 2.95 bits per heavy atom. The fourth-order valence-corrected chi connectivity index (χ4v) is 2.84. The molecule has 19 heavy (non-hydrogen) atoms. The van der Waals surface area contributed by atoms with Gasteiger partial charge in [0.15, 0.2) is 0 Å². The van der Waals surface area contributed by atoms with Gasteiger partial charge < -0.3 is 19.9 Å². The van der Waals surface area contributed by atoms with Crippen molar-refractivity contribution in [1.29, 1.82) is 0 Å². The van der Waals surface area contributed by atoms with Gasteiger partial charge >= 0.3 is 6.03 Å². The number of rotatable bonds is 4. The molecule has 1 unspecified atom stereocenters. The maximum atomic E-state index is 12.3. The minimum absolute atomic E-state index is 0.0427. The molecular formula is C14H23N3O2. The number of carbonyl (C=O) groups excluding carboxylic acids is 1. The fourth-order valence-electron chi connectivity index (χ4n) is 2.84. The summed E-state index contributed by atoms with van der Waals surface area (Å²) < 4.78 is 1.99. The van der Waals surface area contributed by atoms with Crippen LogP contribution in [0.1, 0.15) is 31.9 Å². The highest BCUT2D eigenvalue weighted by Gasteiger charge is 2.41. The number of aliphatic hydroxyl groups is 1. The number of hydrogen-bond acceptors (Lipinski definition) is 2. The Morgan fingerprint density at radius 1 is 1.58 bits per heavy atom. The molecular weight excluding hydrogens is 242 g/mol. The molecule has 1 aliphatic heterocycles. The zero-order valence-corrected chi connectivity index (χ0v) is 11.7. The van der Waals surface area contributed by atoms with Gasteiger partial charge in [-0.2, -0.15) is 0 Å². The van der Waals surface area contributed by atoms with Gasteiger partial charge in [0, 0.05) is 25.5 Å². The molecule has 5 nitrogen and oxygen atoms in total. The molecule has 1 aliphatic rings. The van der Waals surface area contributed by atoms with E-state index in [4.69, 9.17) is 0 Å². The Morgan fingerprint density at radius 2 is 2.37 bits per heavy atom. The summed E-state index contributed by atoms with van der Waals surface area (Å²) >= 11 is 0. The van der Waals surface area contributed by atoms with Crippen molar-refractivity contribution in [1.82, 2.24) is 14.8 Å². The molecule has 5 heteroatoms. The van der Waals surface area contributed by atoms with E-state index < -0.39 is 0 Å². The Hall–Kier alpha value is -1.49. The van der Waals surface area contributed by atoms with E-state index in [9.17, 15) is 9.90 Å². The molecule has 0 aliphatic carbocycles. The highest BCUT2D eigenvalue weighted by molar-refractivity contribution is 5.75. The SMILES string of the molecule is CCC1(CO)CCCN1C(=O)NCc1cccn1C. The third-order valence-corrected chi connectivity index (χ3v) is 4.27. The Balaban J connectivity index is 1.98. The molecule has 2 amide bonds. The topological polar surface area (TPSA) is 57.5 Å². The van der Waals surface area contributed by atoms with E-state index in [1.807, 2.05) is 36.9 Å². The van der Waals surface area contributed by atoms with Gasteiger partial charge in [0.2, 0.25) is 0 Å². The summed E-state index contributed by atoms with van der Waals surface area (Å²) in [5.41, 5.74) is 0.705. The number of aliphatic hydroxyl groups excluding tert-OH is 1. The van der Waals surface area contributed by atoms with Crippen LogP contribution in [0, 0.1) is 0 Å². The molecule has 2 rings (SSSR count). The molecule has 1 saturated heterocycles. The molecule has 1 atom stereocenters. The number of nitrogens with one attached hydrogen (secondary N) is 1. The predicted molar refractivity (Wildman–Crippen MR) is 73.7 cm³/mol. The number of urea groups is 1. The van der Waals surface area contributed by atoms with E-state index in [-0.39, 0.29) is 18.2 Å². The van der Waals surface area contributed by atoms with Gasteiger partial charge in [-0.1, -0.05) is 6.92 Å². The summed E-state index contributed by atoms with van der Waals surface area (Å²) in [6.45, 7) is 3.32. The average Bonchev–Trinajstić information content (AvgIpc) is 3.02. The lowest BCUT2D eigenvalue weighted by Crippen LogP contribution is -2.53. The molecule has 106 valence electrons. The van der Waals surface area contributed by atoms with Gasteiger partial charge in [0.25, 0.3) is 0 Å². The van der Waals surface area contributed by atoms with Crippen LogP contribution in [-0.2, 0) is 13.6 Å².